The van der Waals surface area contributed by atoms with Crippen molar-refractivity contribution in [1.82, 2.24) is 4.90 Å². The molecule has 150 valence electrons. The van der Waals surface area contributed by atoms with Crippen LogP contribution in [-0.4, -0.2) is 44.1 Å². The molecule has 0 radical (unpaired) electrons. The predicted octanol–water partition coefficient (Wildman–Crippen LogP) is 4.07. The zero-order chi connectivity index (χ0) is 20.7. The molecule has 0 spiro atoms. The van der Waals surface area contributed by atoms with E-state index in [4.69, 9.17) is 4.74 Å². The number of carbonyl (C=O) groups excluding carboxylic acids is 2. The molecule has 0 atom stereocenters. The molecule has 0 saturated carbocycles. The number of nitrogens with zero attached hydrogens (tertiary/aromatic N) is 1. The van der Waals surface area contributed by atoms with Gasteiger partial charge in [0.2, 0.25) is 0 Å². The molecule has 2 N–H and O–H groups in total. The first-order chi connectivity index (χ1) is 13.2. The Bertz CT molecular complexity index is 840. The molecular weight excluding hydrogens is 375 g/mol. The topological polar surface area (TPSA) is 70.7 Å². The molecule has 2 aromatic carbocycles. The Balaban J connectivity index is 2.07. The second kappa shape index (κ2) is 9.23. The van der Waals surface area contributed by atoms with Crippen LogP contribution in [0.25, 0.3) is 0 Å². The van der Waals surface area contributed by atoms with Crippen LogP contribution < -0.4 is 10.6 Å². The molecule has 0 aliphatic carbocycles. The number of urea groups is 1. The summed E-state index contributed by atoms with van der Waals surface area (Å²) in [6.45, 7) is 0.765. The molecule has 0 bridgehead atoms. The van der Waals surface area contributed by atoms with E-state index in [0.717, 1.165) is 12.1 Å². The van der Waals surface area contributed by atoms with Gasteiger partial charge in [-0.1, -0.05) is 12.1 Å². The summed E-state index contributed by atoms with van der Waals surface area (Å²) >= 11 is 0. The van der Waals surface area contributed by atoms with Gasteiger partial charge in [0, 0.05) is 37.6 Å². The maximum Gasteiger partial charge on any atom is 0.416 e. The summed E-state index contributed by atoms with van der Waals surface area (Å²) in [5.74, 6) is -0.594. The third kappa shape index (κ3) is 5.98. The second-order valence-electron chi connectivity index (χ2n) is 5.96. The highest BCUT2D eigenvalue weighted by Gasteiger charge is 2.30. The van der Waals surface area contributed by atoms with E-state index >= 15 is 0 Å². The molecule has 0 heterocycles. The summed E-state index contributed by atoms with van der Waals surface area (Å²) in [6.07, 6.45) is -4.50. The Morgan fingerprint density at radius 3 is 2.32 bits per heavy atom. The van der Waals surface area contributed by atoms with Gasteiger partial charge in [0.25, 0.3) is 5.91 Å². The van der Waals surface area contributed by atoms with Crippen molar-refractivity contribution in [3.63, 3.8) is 0 Å². The van der Waals surface area contributed by atoms with Crippen molar-refractivity contribution in [2.24, 2.45) is 0 Å². The maximum atomic E-state index is 12.8. The molecule has 3 amide bonds. The lowest BCUT2D eigenvalue weighted by Crippen LogP contribution is -2.33. The fraction of sp³-hybridized carbons (Fsp3) is 0.263. The van der Waals surface area contributed by atoms with Crippen LogP contribution in [0.3, 0.4) is 0 Å². The fourth-order valence-corrected chi connectivity index (χ4v) is 2.26. The summed E-state index contributed by atoms with van der Waals surface area (Å²) < 4.78 is 43.2. The lowest BCUT2D eigenvalue weighted by Gasteiger charge is -2.17. The van der Waals surface area contributed by atoms with Crippen LogP contribution in [0, 0.1) is 0 Å². The van der Waals surface area contributed by atoms with Crippen LogP contribution in [0.2, 0.25) is 0 Å². The fourth-order valence-electron chi connectivity index (χ4n) is 2.26. The van der Waals surface area contributed by atoms with Crippen LogP contribution in [0.15, 0.2) is 48.5 Å². The van der Waals surface area contributed by atoms with Gasteiger partial charge in [-0.15, -0.1) is 0 Å². The van der Waals surface area contributed by atoms with Crippen LogP contribution in [-0.2, 0) is 10.9 Å². The number of anilines is 2. The monoisotopic (exact) mass is 395 g/mol. The van der Waals surface area contributed by atoms with Crippen molar-refractivity contribution in [2.45, 2.75) is 6.18 Å². The molecule has 0 aliphatic rings. The van der Waals surface area contributed by atoms with E-state index < -0.39 is 17.6 Å². The molecule has 0 unspecified atom stereocenters. The zero-order valence-corrected chi connectivity index (χ0v) is 15.3. The van der Waals surface area contributed by atoms with Gasteiger partial charge < -0.3 is 20.3 Å². The van der Waals surface area contributed by atoms with Gasteiger partial charge in [0.15, 0.2) is 0 Å². The van der Waals surface area contributed by atoms with Gasteiger partial charge in [-0.05, 0) is 36.4 Å². The van der Waals surface area contributed by atoms with Crippen molar-refractivity contribution in [3.8, 4) is 0 Å². The molecule has 0 saturated heterocycles. The first-order valence-electron chi connectivity index (χ1n) is 8.30. The van der Waals surface area contributed by atoms with Crippen LogP contribution in [0.5, 0.6) is 0 Å². The number of amides is 3. The molecule has 9 heteroatoms. The first-order valence-corrected chi connectivity index (χ1v) is 8.30. The standard InChI is InChI=1S/C19H20F3N3O3/c1-25(9-10-28-2)18(27)24-15-7-3-5-13(11-15)17(26)23-16-8-4-6-14(12-16)19(20,21)22/h3-8,11-12H,9-10H2,1-2H3,(H,23,26)(H,24,27). The van der Waals surface area contributed by atoms with Gasteiger partial charge >= 0.3 is 12.2 Å². The van der Waals surface area contributed by atoms with E-state index in [1.54, 1.807) is 19.2 Å². The van der Waals surface area contributed by atoms with Crippen molar-refractivity contribution >= 4 is 23.3 Å². The van der Waals surface area contributed by atoms with Gasteiger partial charge in [-0.25, -0.2) is 4.79 Å². The number of halogens is 3. The zero-order valence-electron chi connectivity index (χ0n) is 15.3. The van der Waals surface area contributed by atoms with Gasteiger partial charge in [0.05, 0.1) is 12.2 Å². The minimum atomic E-state index is -4.50. The van der Waals surface area contributed by atoms with Crippen LogP contribution in [0.4, 0.5) is 29.3 Å². The van der Waals surface area contributed by atoms with Gasteiger partial charge in [-0.2, -0.15) is 13.2 Å². The summed E-state index contributed by atoms with van der Waals surface area (Å²) in [6, 6.07) is 10.1. The van der Waals surface area contributed by atoms with Gasteiger partial charge in [-0.3, -0.25) is 4.79 Å². The van der Waals surface area contributed by atoms with E-state index in [2.05, 4.69) is 10.6 Å². The first kappa shape index (κ1) is 21.2. The number of alkyl halides is 3. The number of benzene rings is 2. The van der Waals surface area contributed by atoms with Crippen LogP contribution in [0.1, 0.15) is 15.9 Å². The Morgan fingerprint density at radius 1 is 1.04 bits per heavy atom. The van der Waals surface area contributed by atoms with E-state index in [1.165, 1.54) is 36.3 Å². The number of methoxy groups -OCH3 is 1. The number of rotatable bonds is 6. The number of hydrogen-bond acceptors (Lipinski definition) is 3. The molecule has 2 aromatic rings. The SMILES string of the molecule is COCCN(C)C(=O)Nc1cccc(C(=O)Nc2cccc(C(F)(F)F)c2)c1. The molecule has 0 aliphatic heterocycles. The molecule has 28 heavy (non-hydrogen) atoms. The number of likely N-dealkylation sites (N-methyl/N-ethyl adjacent to an activating group) is 1. The highest BCUT2D eigenvalue weighted by Crippen LogP contribution is 2.30. The van der Waals surface area contributed by atoms with Crippen molar-refractivity contribution in [3.05, 3.63) is 59.7 Å². The molecule has 2 rings (SSSR count). The molecular formula is C19H20F3N3O3. The molecule has 0 aromatic heterocycles. The Morgan fingerprint density at radius 2 is 1.68 bits per heavy atom. The number of ether oxygens (including phenoxy) is 1. The van der Waals surface area contributed by atoms with Crippen molar-refractivity contribution < 1.29 is 27.5 Å². The summed E-state index contributed by atoms with van der Waals surface area (Å²) in [4.78, 5) is 25.8. The molecule has 0 fully saturated rings. The Kier molecular flexibility index (Phi) is 7.00. The third-order valence-corrected chi connectivity index (χ3v) is 3.80. The minimum Gasteiger partial charge on any atom is -0.383 e. The Hall–Kier alpha value is -3.07. The highest BCUT2D eigenvalue weighted by atomic mass is 19.4. The van der Waals surface area contributed by atoms with Crippen LogP contribution >= 0.6 is 0 Å². The summed E-state index contributed by atoms with van der Waals surface area (Å²) in [5, 5.41) is 5.06. The lowest BCUT2D eigenvalue weighted by atomic mass is 10.1. The number of carbonyl (C=O) groups is 2. The average molecular weight is 395 g/mol. The second-order valence-corrected chi connectivity index (χ2v) is 5.96. The molecule has 6 nitrogen and oxygen atoms in total. The van der Waals surface area contributed by atoms with E-state index in [9.17, 15) is 22.8 Å². The number of nitrogens with one attached hydrogen (secondary N) is 2. The van der Waals surface area contributed by atoms with Crippen molar-refractivity contribution in [1.29, 1.82) is 0 Å². The third-order valence-electron chi connectivity index (χ3n) is 3.80. The normalized spacial score (nSPS) is 11.0. The lowest BCUT2D eigenvalue weighted by molar-refractivity contribution is -0.137. The summed E-state index contributed by atoms with van der Waals surface area (Å²) in [5.41, 5.74) is -0.264. The summed E-state index contributed by atoms with van der Waals surface area (Å²) in [7, 11) is 3.12. The smallest absolute Gasteiger partial charge is 0.383 e. The predicted molar refractivity (Wildman–Crippen MR) is 99.4 cm³/mol. The van der Waals surface area contributed by atoms with E-state index in [0.29, 0.717) is 18.8 Å². The minimum absolute atomic E-state index is 0.0218. The maximum absolute atomic E-state index is 12.8. The quantitative estimate of drug-likeness (QED) is 0.775. The average Bonchev–Trinajstić information content (AvgIpc) is 2.65. The largest absolute Gasteiger partial charge is 0.416 e. The van der Waals surface area contributed by atoms with E-state index in [1.807, 2.05) is 0 Å². The van der Waals surface area contributed by atoms with E-state index in [-0.39, 0.29) is 17.3 Å². The Labute approximate surface area is 160 Å². The van der Waals surface area contributed by atoms with Gasteiger partial charge in [0.1, 0.15) is 0 Å². The highest BCUT2D eigenvalue weighted by molar-refractivity contribution is 6.05. The van der Waals surface area contributed by atoms with Crippen molar-refractivity contribution in [2.75, 3.05) is 37.9 Å². The number of hydrogen-bond donors (Lipinski definition) is 2.